The van der Waals surface area contributed by atoms with E-state index in [0.29, 0.717) is 12.1 Å². The van der Waals surface area contributed by atoms with Gasteiger partial charge in [-0.15, -0.1) is 0 Å². The van der Waals surface area contributed by atoms with Crippen LogP contribution in [-0.4, -0.2) is 35.4 Å². The lowest BCUT2D eigenvalue weighted by atomic mass is 10.0. The van der Waals surface area contributed by atoms with E-state index in [4.69, 9.17) is 0 Å². The monoisotopic (exact) mass is 233 g/mol. The molecule has 1 heterocycles. The number of Topliss-reactive ketones (excluding diaryl/α,β-unsaturated/α-hetero) is 1. The molecular formula is C14H19NO2. The molecule has 3 heteroatoms. The number of benzene rings is 1. The second kappa shape index (κ2) is 5.32. The van der Waals surface area contributed by atoms with E-state index in [1.807, 2.05) is 13.0 Å². The molecule has 2 rings (SSSR count). The third-order valence-electron chi connectivity index (χ3n) is 3.27. The zero-order chi connectivity index (χ0) is 12.3. The molecule has 0 unspecified atom stereocenters. The molecule has 1 aliphatic rings. The summed E-state index contributed by atoms with van der Waals surface area (Å²) in [6.07, 6.45) is 3.61. The third-order valence-corrected chi connectivity index (χ3v) is 3.27. The SMILES string of the molecule is Cc1ccc(O)c(C(=O)CN2CCCCC2)c1. The van der Waals surface area contributed by atoms with Gasteiger partial charge < -0.3 is 5.11 Å². The Hall–Kier alpha value is -1.35. The van der Waals surface area contributed by atoms with Crippen molar-refractivity contribution in [2.45, 2.75) is 26.2 Å². The lowest BCUT2D eigenvalue weighted by molar-refractivity contribution is 0.0913. The number of carbonyl (C=O) groups is 1. The first-order valence-corrected chi connectivity index (χ1v) is 6.22. The number of hydrogen-bond donors (Lipinski definition) is 1. The van der Waals surface area contributed by atoms with E-state index >= 15 is 0 Å². The Morgan fingerprint density at radius 1 is 1.29 bits per heavy atom. The minimum atomic E-state index is 0.0214. The summed E-state index contributed by atoms with van der Waals surface area (Å²) in [4.78, 5) is 14.3. The Balaban J connectivity index is 2.05. The molecular weight excluding hydrogens is 214 g/mol. The first kappa shape index (κ1) is 12.1. The van der Waals surface area contributed by atoms with Gasteiger partial charge in [-0.2, -0.15) is 0 Å². The molecule has 0 amide bonds. The molecule has 0 saturated carbocycles. The van der Waals surface area contributed by atoms with Crippen LogP contribution in [0.3, 0.4) is 0 Å². The summed E-state index contributed by atoms with van der Waals surface area (Å²) in [6, 6.07) is 5.17. The van der Waals surface area contributed by atoms with Crippen LogP contribution < -0.4 is 0 Å². The van der Waals surface area contributed by atoms with Gasteiger partial charge in [-0.05, 0) is 45.0 Å². The van der Waals surface area contributed by atoms with Crippen molar-refractivity contribution in [3.8, 4) is 5.75 Å². The number of ketones is 1. The number of likely N-dealkylation sites (tertiary alicyclic amines) is 1. The quantitative estimate of drug-likeness (QED) is 0.815. The second-order valence-electron chi connectivity index (χ2n) is 4.78. The summed E-state index contributed by atoms with van der Waals surface area (Å²) in [5.41, 5.74) is 1.46. The predicted octanol–water partition coefficient (Wildman–Crippen LogP) is 2.37. The fourth-order valence-corrected chi connectivity index (χ4v) is 2.28. The van der Waals surface area contributed by atoms with E-state index in [0.717, 1.165) is 18.7 Å². The van der Waals surface area contributed by atoms with Gasteiger partial charge in [0.2, 0.25) is 0 Å². The average molecular weight is 233 g/mol. The number of aromatic hydroxyl groups is 1. The molecule has 0 spiro atoms. The molecule has 0 atom stereocenters. The van der Waals surface area contributed by atoms with Crippen molar-refractivity contribution in [2.24, 2.45) is 0 Å². The fourth-order valence-electron chi connectivity index (χ4n) is 2.28. The first-order chi connectivity index (χ1) is 8.16. The lowest BCUT2D eigenvalue weighted by Crippen LogP contribution is -2.34. The highest BCUT2D eigenvalue weighted by molar-refractivity contribution is 6.00. The molecule has 0 radical (unpaired) electrons. The summed E-state index contributed by atoms with van der Waals surface area (Å²) < 4.78 is 0. The van der Waals surface area contributed by atoms with Gasteiger partial charge in [-0.25, -0.2) is 0 Å². The topological polar surface area (TPSA) is 40.5 Å². The molecule has 17 heavy (non-hydrogen) atoms. The van der Waals surface area contributed by atoms with Gasteiger partial charge in [0.1, 0.15) is 5.75 Å². The number of phenols is 1. The van der Waals surface area contributed by atoms with Gasteiger partial charge >= 0.3 is 0 Å². The van der Waals surface area contributed by atoms with Crippen molar-refractivity contribution in [3.05, 3.63) is 29.3 Å². The Labute approximate surface area is 102 Å². The second-order valence-corrected chi connectivity index (χ2v) is 4.78. The molecule has 1 aromatic carbocycles. The van der Waals surface area contributed by atoms with Gasteiger partial charge in [0.25, 0.3) is 0 Å². The number of piperidine rings is 1. The predicted molar refractivity (Wildman–Crippen MR) is 67.5 cm³/mol. The van der Waals surface area contributed by atoms with Gasteiger partial charge in [-0.1, -0.05) is 18.1 Å². The number of aryl methyl sites for hydroxylation is 1. The molecule has 1 N–H and O–H groups in total. The third kappa shape index (κ3) is 3.07. The van der Waals surface area contributed by atoms with Crippen LogP contribution in [0.4, 0.5) is 0 Å². The number of rotatable bonds is 3. The summed E-state index contributed by atoms with van der Waals surface area (Å²) in [6.45, 7) is 4.35. The average Bonchev–Trinajstić information content (AvgIpc) is 2.33. The van der Waals surface area contributed by atoms with Crippen molar-refractivity contribution < 1.29 is 9.90 Å². The van der Waals surface area contributed by atoms with Gasteiger partial charge in [0, 0.05) is 0 Å². The Bertz CT molecular complexity index is 409. The van der Waals surface area contributed by atoms with Crippen LogP contribution in [0.5, 0.6) is 5.75 Å². The largest absolute Gasteiger partial charge is 0.507 e. The van der Waals surface area contributed by atoms with E-state index < -0.39 is 0 Å². The normalized spacial score (nSPS) is 17.0. The molecule has 0 aliphatic carbocycles. The number of phenolic OH excluding ortho intramolecular Hbond substituents is 1. The highest BCUT2D eigenvalue weighted by Gasteiger charge is 2.17. The minimum Gasteiger partial charge on any atom is -0.507 e. The molecule has 1 saturated heterocycles. The van der Waals surface area contributed by atoms with Crippen LogP contribution in [0.2, 0.25) is 0 Å². The molecule has 92 valence electrons. The Kier molecular flexibility index (Phi) is 3.79. The molecule has 1 fully saturated rings. The maximum absolute atomic E-state index is 12.1. The van der Waals surface area contributed by atoms with Crippen LogP contribution in [0.15, 0.2) is 18.2 Å². The van der Waals surface area contributed by atoms with Crippen LogP contribution in [0.1, 0.15) is 35.2 Å². The maximum Gasteiger partial charge on any atom is 0.180 e. The van der Waals surface area contributed by atoms with Crippen LogP contribution in [0, 0.1) is 6.92 Å². The zero-order valence-corrected chi connectivity index (χ0v) is 10.3. The molecule has 0 aromatic heterocycles. The summed E-state index contributed by atoms with van der Waals surface area (Å²) in [7, 11) is 0. The van der Waals surface area contributed by atoms with Crippen molar-refractivity contribution in [3.63, 3.8) is 0 Å². The van der Waals surface area contributed by atoms with Crippen molar-refractivity contribution in [1.29, 1.82) is 0 Å². The van der Waals surface area contributed by atoms with Crippen LogP contribution >= 0.6 is 0 Å². The van der Waals surface area contributed by atoms with Gasteiger partial charge in [0.15, 0.2) is 5.78 Å². The smallest absolute Gasteiger partial charge is 0.180 e. The highest BCUT2D eigenvalue weighted by atomic mass is 16.3. The Morgan fingerprint density at radius 2 is 2.00 bits per heavy atom. The van der Waals surface area contributed by atoms with Crippen LogP contribution in [0.25, 0.3) is 0 Å². The number of carbonyl (C=O) groups excluding carboxylic acids is 1. The summed E-state index contributed by atoms with van der Waals surface area (Å²) in [5.74, 6) is 0.116. The maximum atomic E-state index is 12.1. The molecule has 0 bridgehead atoms. The first-order valence-electron chi connectivity index (χ1n) is 6.22. The van der Waals surface area contributed by atoms with E-state index in [2.05, 4.69) is 4.90 Å². The zero-order valence-electron chi connectivity index (χ0n) is 10.3. The summed E-state index contributed by atoms with van der Waals surface area (Å²) >= 11 is 0. The molecule has 3 nitrogen and oxygen atoms in total. The standard InChI is InChI=1S/C14H19NO2/c1-11-5-6-13(16)12(9-11)14(17)10-15-7-3-2-4-8-15/h5-6,9,16H,2-4,7-8,10H2,1H3. The minimum absolute atomic E-state index is 0.0214. The number of nitrogens with zero attached hydrogens (tertiary/aromatic N) is 1. The summed E-state index contributed by atoms with van der Waals surface area (Å²) in [5, 5.41) is 9.70. The molecule has 1 aliphatic heterocycles. The van der Waals surface area contributed by atoms with E-state index in [1.165, 1.54) is 19.3 Å². The van der Waals surface area contributed by atoms with Crippen molar-refractivity contribution >= 4 is 5.78 Å². The van der Waals surface area contributed by atoms with E-state index in [1.54, 1.807) is 12.1 Å². The molecule has 1 aromatic rings. The highest BCUT2D eigenvalue weighted by Crippen LogP contribution is 2.19. The van der Waals surface area contributed by atoms with E-state index in [-0.39, 0.29) is 11.5 Å². The van der Waals surface area contributed by atoms with Crippen molar-refractivity contribution in [2.75, 3.05) is 19.6 Å². The van der Waals surface area contributed by atoms with Crippen LogP contribution in [-0.2, 0) is 0 Å². The van der Waals surface area contributed by atoms with Gasteiger partial charge in [-0.3, -0.25) is 9.69 Å². The fraction of sp³-hybridized carbons (Fsp3) is 0.500. The number of hydrogen-bond acceptors (Lipinski definition) is 3. The lowest BCUT2D eigenvalue weighted by Gasteiger charge is -2.25. The van der Waals surface area contributed by atoms with Crippen molar-refractivity contribution in [1.82, 2.24) is 4.90 Å². The Morgan fingerprint density at radius 3 is 2.71 bits per heavy atom. The van der Waals surface area contributed by atoms with E-state index in [9.17, 15) is 9.90 Å². The van der Waals surface area contributed by atoms with Gasteiger partial charge in [0.05, 0.1) is 12.1 Å².